The molecule has 6 aromatic rings. The first-order valence-corrected chi connectivity index (χ1v) is 12.4. The summed E-state index contributed by atoms with van der Waals surface area (Å²) in [6.07, 6.45) is 0. The summed E-state index contributed by atoms with van der Waals surface area (Å²) in [6, 6.07) is 40.3. The molecule has 0 aliphatic heterocycles. The predicted octanol–water partition coefficient (Wildman–Crippen LogP) is 9.07. The molecule has 0 amide bonds. The largest absolute Gasteiger partial charge is 0.309 e. The maximum Gasteiger partial charge on any atom is 0.0541 e. The molecule has 0 saturated carbocycles. The van der Waals surface area contributed by atoms with Crippen molar-refractivity contribution in [2.45, 2.75) is 26.2 Å². The lowest BCUT2D eigenvalue weighted by Crippen LogP contribution is -2.14. The third-order valence-corrected chi connectivity index (χ3v) is 7.85. The topological polar surface area (TPSA) is 4.93 Å². The summed E-state index contributed by atoms with van der Waals surface area (Å²) in [5.74, 6) is 0. The zero-order chi connectivity index (χ0) is 23.7. The molecule has 1 nitrogen and oxygen atoms in total. The minimum absolute atomic E-state index is 0.00718. The van der Waals surface area contributed by atoms with Crippen molar-refractivity contribution in [3.05, 3.63) is 126 Å². The van der Waals surface area contributed by atoms with Crippen LogP contribution in [-0.4, -0.2) is 4.57 Å². The van der Waals surface area contributed by atoms with Gasteiger partial charge in [0.15, 0.2) is 0 Å². The first-order valence-electron chi connectivity index (χ1n) is 12.4. The Labute approximate surface area is 206 Å². The van der Waals surface area contributed by atoms with Crippen molar-refractivity contribution in [2.75, 3.05) is 0 Å². The first kappa shape index (κ1) is 20.3. The SMILES string of the molecule is Cc1cccc(-n2c3ccccc3c3cc(-c4ccc5c(c4)C(C)(C)c4ccccc4-5)ccc32)c1. The van der Waals surface area contributed by atoms with Crippen LogP contribution in [0.4, 0.5) is 0 Å². The molecule has 1 aliphatic carbocycles. The lowest BCUT2D eigenvalue weighted by Gasteiger charge is -2.22. The summed E-state index contributed by atoms with van der Waals surface area (Å²) in [6.45, 7) is 6.85. The fraction of sp³-hybridized carbons (Fsp3) is 0.118. The summed E-state index contributed by atoms with van der Waals surface area (Å²) in [5.41, 5.74) is 13.1. The van der Waals surface area contributed by atoms with E-state index in [0.717, 1.165) is 0 Å². The van der Waals surface area contributed by atoms with E-state index in [1.54, 1.807) is 0 Å². The van der Waals surface area contributed by atoms with Crippen LogP contribution < -0.4 is 0 Å². The smallest absolute Gasteiger partial charge is 0.0541 e. The van der Waals surface area contributed by atoms with Gasteiger partial charge in [-0.05, 0) is 82.3 Å². The van der Waals surface area contributed by atoms with Crippen LogP contribution in [0, 0.1) is 6.92 Å². The molecular weight excluding hydrogens is 422 g/mol. The minimum atomic E-state index is 0.00718. The van der Waals surface area contributed by atoms with Crippen LogP contribution in [-0.2, 0) is 5.41 Å². The molecule has 0 radical (unpaired) electrons. The summed E-state index contributed by atoms with van der Waals surface area (Å²) < 4.78 is 2.39. The van der Waals surface area contributed by atoms with Gasteiger partial charge in [-0.15, -0.1) is 0 Å². The molecule has 0 unspecified atom stereocenters. The number of hydrogen-bond donors (Lipinski definition) is 0. The Morgan fingerprint density at radius 1 is 0.543 bits per heavy atom. The van der Waals surface area contributed by atoms with Crippen molar-refractivity contribution in [3.63, 3.8) is 0 Å². The molecule has 168 valence electrons. The highest BCUT2D eigenvalue weighted by atomic mass is 15.0. The molecule has 0 bridgehead atoms. The van der Waals surface area contributed by atoms with Crippen LogP contribution in [0.3, 0.4) is 0 Å². The van der Waals surface area contributed by atoms with Crippen LogP contribution in [0.5, 0.6) is 0 Å². The molecule has 0 fully saturated rings. The minimum Gasteiger partial charge on any atom is -0.309 e. The molecule has 7 rings (SSSR count). The Balaban J connectivity index is 1.44. The average Bonchev–Trinajstić information content (AvgIpc) is 3.33. The van der Waals surface area contributed by atoms with Crippen molar-refractivity contribution in [2.24, 2.45) is 0 Å². The third-order valence-electron chi connectivity index (χ3n) is 7.85. The quantitative estimate of drug-likeness (QED) is 0.248. The molecule has 1 heteroatoms. The zero-order valence-electron chi connectivity index (χ0n) is 20.3. The Hall–Kier alpha value is -4.10. The fourth-order valence-corrected chi connectivity index (χ4v) is 6.08. The number of para-hydroxylation sites is 1. The van der Waals surface area contributed by atoms with E-state index < -0.39 is 0 Å². The maximum absolute atomic E-state index is 2.41. The normalized spacial score (nSPS) is 13.8. The van der Waals surface area contributed by atoms with Gasteiger partial charge in [-0.25, -0.2) is 0 Å². The number of fused-ring (bicyclic) bond motifs is 6. The lowest BCUT2D eigenvalue weighted by molar-refractivity contribution is 0.660. The molecule has 1 aliphatic rings. The second-order valence-corrected chi connectivity index (χ2v) is 10.4. The van der Waals surface area contributed by atoms with Crippen molar-refractivity contribution in [1.82, 2.24) is 4.57 Å². The monoisotopic (exact) mass is 449 g/mol. The molecule has 0 saturated heterocycles. The van der Waals surface area contributed by atoms with E-state index >= 15 is 0 Å². The highest BCUT2D eigenvalue weighted by molar-refractivity contribution is 6.10. The molecular formula is C34H27N. The summed E-state index contributed by atoms with van der Waals surface area (Å²) >= 11 is 0. The van der Waals surface area contributed by atoms with Crippen LogP contribution in [0.25, 0.3) is 49.7 Å². The van der Waals surface area contributed by atoms with Crippen LogP contribution in [0.15, 0.2) is 109 Å². The number of hydrogen-bond acceptors (Lipinski definition) is 0. The van der Waals surface area contributed by atoms with Crippen molar-refractivity contribution < 1.29 is 0 Å². The Bertz CT molecular complexity index is 1780. The third kappa shape index (κ3) is 2.88. The van der Waals surface area contributed by atoms with Gasteiger partial charge in [0, 0.05) is 21.9 Å². The van der Waals surface area contributed by atoms with Crippen molar-refractivity contribution in [3.8, 4) is 27.9 Å². The number of rotatable bonds is 2. The van der Waals surface area contributed by atoms with Crippen molar-refractivity contribution in [1.29, 1.82) is 0 Å². The Morgan fingerprint density at radius 2 is 1.26 bits per heavy atom. The van der Waals surface area contributed by atoms with Gasteiger partial charge in [0.2, 0.25) is 0 Å². The lowest BCUT2D eigenvalue weighted by atomic mass is 9.81. The van der Waals surface area contributed by atoms with Gasteiger partial charge in [0.25, 0.3) is 0 Å². The fourth-order valence-electron chi connectivity index (χ4n) is 6.08. The van der Waals surface area contributed by atoms with E-state index in [1.165, 1.54) is 66.4 Å². The van der Waals surface area contributed by atoms with E-state index in [9.17, 15) is 0 Å². The van der Waals surface area contributed by atoms with E-state index in [0.29, 0.717) is 0 Å². The van der Waals surface area contributed by atoms with Crippen molar-refractivity contribution >= 4 is 21.8 Å². The van der Waals surface area contributed by atoms with E-state index in [2.05, 4.69) is 135 Å². The van der Waals surface area contributed by atoms with Gasteiger partial charge in [-0.1, -0.05) is 86.6 Å². The number of nitrogens with zero attached hydrogens (tertiary/aromatic N) is 1. The van der Waals surface area contributed by atoms with E-state index in [4.69, 9.17) is 0 Å². The summed E-state index contributed by atoms with van der Waals surface area (Å²) in [5, 5.41) is 2.59. The second kappa shape index (κ2) is 7.20. The van der Waals surface area contributed by atoms with Crippen LogP contribution >= 0.6 is 0 Å². The van der Waals surface area contributed by atoms with Crippen LogP contribution in [0.1, 0.15) is 30.5 Å². The Kier molecular flexibility index (Phi) is 4.17. The van der Waals surface area contributed by atoms with E-state index in [1.807, 2.05) is 0 Å². The van der Waals surface area contributed by atoms with Crippen LogP contribution in [0.2, 0.25) is 0 Å². The number of aromatic nitrogens is 1. The number of benzene rings is 5. The van der Waals surface area contributed by atoms with Gasteiger partial charge < -0.3 is 4.57 Å². The second-order valence-electron chi connectivity index (χ2n) is 10.4. The summed E-state index contributed by atoms with van der Waals surface area (Å²) in [7, 11) is 0. The van der Waals surface area contributed by atoms with Gasteiger partial charge in [-0.2, -0.15) is 0 Å². The molecule has 0 atom stereocenters. The van der Waals surface area contributed by atoms with Gasteiger partial charge >= 0.3 is 0 Å². The highest BCUT2D eigenvalue weighted by Gasteiger charge is 2.35. The molecule has 0 spiro atoms. The van der Waals surface area contributed by atoms with Gasteiger partial charge in [0.1, 0.15) is 0 Å². The molecule has 5 aromatic carbocycles. The maximum atomic E-state index is 2.41. The molecule has 35 heavy (non-hydrogen) atoms. The zero-order valence-corrected chi connectivity index (χ0v) is 20.3. The summed E-state index contributed by atoms with van der Waals surface area (Å²) in [4.78, 5) is 0. The molecule has 1 heterocycles. The molecule has 1 aromatic heterocycles. The van der Waals surface area contributed by atoms with E-state index in [-0.39, 0.29) is 5.41 Å². The predicted molar refractivity (Wildman–Crippen MR) is 149 cm³/mol. The first-order chi connectivity index (χ1) is 17.0. The standard InChI is InChI=1S/C34H27N/c1-22-9-8-10-25(19-22)35-32-14-7-5-12-28(32)29-20-23(16-18-33(29)35)24-15-17-27-26-11-4-6-13-30(26)34(2,3)31(27)21-24/h4-21H,1-3H3. The average molecular weight is 450 g/mol. The Morgan fingerprint density at radius 3 is 2.14 bits per heavy atom. The van der Waals surface area contributed by atoms with Gasteiger partial charge in [-0.3, -0.25) is 0 Å². The highest BCUT2D eigenvalue weighted by Crippen LogP contribution is 2.49. The number of aryl methyl sites for hydroxylation is 1. The van der Waals surface area contributed by atoms with Gasteiger partial charge in [0.05, 0.1) is 11.0 Å². The molecule has 0 N–H and O–H groups in total.